The van der Waals surface area contributed by atoms with E-state index in [1.165, 1.54) is 6.08 Å². The van der Waals surface area contributed by atoms with Crippen molar-refractivity contribution < 1.29 is 5.21 Å². The van der Waals surface area contributed by atoms with Crippen LogP contribution in [0.4, 0.5) is 0 Å². The molecule has 0 saturated heterocycles. The highest BCUT2D eigenvalue weighted by atomic mass is 16.5. The SMILES string of the molecule is C=Cc1c(C#N)c2ccccc2n1O. The molecular formula is C11H8N2O. The fourth-order valence-electron chi connectivity index (χ4n) is 1.55. The normalized spacial score (nSPS) is 9.93. The second kappa shape index (κ2) is 2.93. The van der Waals surface area contributed by atoms with E-state index in [1.54, 1.807) is 12.1 Å². The van der Waals surface area contributed by atoms with Gasteiger partial charge in [0.25, 0.3) is 0 Å². The molecule has 2 rings (SSSR count). The maximum Gasteiger partial charge on any atom is 0.102 e. The topological polar surface area (TPSA) is 49.0 Å². The van der Waals surface area contributed by atoms with Crippen molar-refractivity contribution in [1.82, 2.24) is 4.73 Å². The van der Waals surface area contributed by atoms with Crippen LogP contribution in [0.2, 0.25) is 0 Å². The first kappa shape index (κ1) is 8.39. The van der Waals surface area contributed by atoms with Crippen molar-refractivity contribution in [2.24, 2.45) is 0 Å². The summed E-state index contributed by atoms with van der Waals surface area (Å²) in [5.41, 5.74) is 1.52. The van der Waals surface area contributed by atoms with Crippen molar-refractivity contribution in [1.29, 1.82) is 5.26 Å². The molecule has 0 atom stereocenters. The smallest absolute Gasteiger partial charge is 0.102 e. The van der Waals surface area contributed by atoms with E-state index in [1.807, 2.05) is 12.1 Å². The quantitative estimate of drug-likeness (QED) is 0.692. The van der Waals surface area contributed by atoms with Gasteiger partial charge in [0.1, 0.15) is 6.07 Å². The summed E-state index contributed by atoms with van der Waals surface area (Å²) >= 11 is 0. The Morgan fingerprint density at radius 3 is 2.79 bits per heavy atom. The van der Waals surface area contributed by atoms with Crippen LogP contribution in [0.1, 0.15) is 11.3 Å². The van der Waals surface area contributed by atoms with Gasteiger partial charge in [0.15, 0.2) is 0 Å². The third-order valence-corrected chi connectivity index (χ3v) is 2.19. The predicted molar refractivity (Wildman–Crippen MR) is 53.9 cm³/mol. The van der Waals surface area contributed by atoms with E-state index in [0.29, 0.717) is 16.8 Å². The number of rotatable bonds is 1. The van der Waals surface area contributed by atoms with Crippen LogP contribution in [-0.4, -0.2) is 9.94 Å². The number of para-hydroxylation sites is 1. The van der Waals surface area contributed by atoms with Crippen molar-refractivity contribution in [2.45, 2.75) is 0 Å². The van der Waals surface area contributed by atoms with Crippen molar-refractivity contribution in [3.05, 3.63) is 42.1 Å². The molecule has 0 aliphatic heterocycles. The molecule has 1 heterocycles. The lowest BCUT2D eigenvalue weighted by Crippen LogP contribution is -1.92. The molecule has 14 heavy (non-hydrogen) atoms. The third kappa shape index (κ3) is 0.913. The van der Waals surface area contributed by atoms with Gasteiger partial charge >= 0.3 is 0 Å². The highest BCUT2D eigenvalue weighted by Gasteiger charge is 2.12. The molecule has 3 heteroatoms. The largest absolute Gasteiger partial charge is 0.428 e. The number of hydrogen-bond donors (Lipinski definition) is 1. The Labute approximate surface area is 81.1 Å². The molecule has 1 aromatic heterocycles. The summed E-state index contributed by atoms with van der Waals surface area (Å²) in [6.07, 6.45) is 1.47. The van der Waals surface area contributed by atoms with E-state index in [4.69, 9.17) is 5.26 Å². The molecule has 2 aromatic rings. The minimum atomic E-state index is 0.439. The summed E-state index contributed by atoms with van der Waals surface area (Å²) in [5.74, 6) is 0. The van der Waals surface area contributed by atoms with Crippen LogP contribution in [0.15, 0.2) is 30.8 Å². The maximum atomic E-state index is 9.70. The molecule has 3 nitrogen and oxygen atoms in total. The molecule has 68 valence electrons. The second-order valence-corrected chi connectivity index (χ2v) is 2.91. The summed E-state index contributed by atoms with van der Waals surface area (Å²) in [6.45, 7) is 3.56. The fraction of sp³-hybridized carbons (Fsp3) is 0. The first-order valence-corrected chi connectivity index (χ1v) is 4.15. The van der Waals surface area contributed by atoms with Gasteiger partial charge in [0.05, 0.1) is 16.8 Å². The summed E-state index contributed by atoms with van der Waals surface area (Å²) in [7, 11) is 0. The van der Waals surface area contributed by atoms with Gasteiger partial charge in [-0.2, -0.15) is 9.99 Å². The Bertz CT molecular complexity index is 546. The average molecular weight is 184 g/mol. The van der Waals surface area contributed by atoms with Gasteiger partial charge < -0.3 is 5.21 Å². The number of aromatic nitrogens is 1. The summed E-state index contributed by atoms with van der Waals surface area (Å²) in [5, 5.41) is 19.4. The zero-order valence-electron chi connectivity index (χ0n) is 7.44. The van der Waals surface area contributed by atoms with Crippen molar-refractivity contribution >= 4 is 17.0 Å². The van der Waals surface area contributed by atoms with E-state index < -0.39 is 0 Å². The molecular weight excluding hydrogens is 176 g/mol. The highest BCUT2D eigenvalue weighted by molar-refractivity contribution is 5.90. The van der Waals surface area contributed by atoms with Crippen LogP contribution in [-0.2, 0) is 0 Å². The fourth-order valence-corrected chi connectivity index (χ4v) is 1.55. The van der Waals surface area contributed by atoms with Crippen LogP contribution >= 0.6 is 0 Å². The van der Waals surface area contributed by atoms with Crippen LogP contribution < -0.4 is 0 Å². The van der Waals surface area contributed by atoms with Gasteiger partial charge in [0, 0.05) is 5.39 Å². The minimum absolute atomic E-state index is 0.439. The van der Waals surface area contributed by atoms with E-state index in [0.717, 1.165) is 10.1 Å². The molecule has 0 radical (unpaired) electrons. The molecule has 1 N–H and O–H groups in total. The zero-order valence-corrected chi connectivity index (χ0v) is 7.44. The van der Waals surface area contributed by atoms with Crippen LogP contribution in [0.3, 0.4) is 0 Å². The first-order chi connectivity index (χ1) is 6.79. The number of nitriles is 1. The number of fused-ring (bicyclic) bond motifs is 1. The predicted octanol–water partition coefficient (Wildman–Crippen LogP) is 2.39. The lowest BCUT2D eigenvalue weighted by Gasteiger charge is -1.95. The van der Waals surface area contributed by atoms with E-state index in [9.17, 15) is 5.21 Å². The third-order valence-electron chi connectivity index (χ3n) is 2.19. The number of benzene rings is 1. The Kier molecular flexibility index (Phi) is 1.76. The average Bonchev–Trinajstić information content (AvgIpc) is 2.51. The molecule has 0 fully saturated rings. The highest BCUT2D eigenvalue weighted by Crippen LogP contribution is 2.24. The molecule has 0 aliphatic rings. The summed E-state index contributed by atoms with van der Waals surface area (Å²) in [4.78, 5) is 0. The number of hydrogen-bond acceptors (Lipinski definition) is 2. The van der Waals surface area contributed by atoms with E-state index >= 15 is 0 Å². The monoisotopic (exact) mass is 184 g/mol. The maximum absolute atomic E-state index is 9.70. The Hall–Kier alpha value is -2.21. The van der Waals surface area contributed by atoms with Gasteiger partial charge in [-0.3, -0.25) is 0 Å². The standard InChI is InChI=1S/C11H8N2O/c1-2-10-9(7-12)8-5-3-4-6-11(8)13(10)14/h2-6,14H,1H2. The molecule has 0 saturated carbocycles. The van der Waals surface area contributed by atoms with Crippen LogP contribution in [0.25, 0.3) is 17.0 Å². The van der Waals surface area contributed by atoms with Gasteiger partial charge in [0.2, 0.25) is 0 Å². The Morgan fingerprint density at radius 2 is 2.14 bits per heavy atom. The van der Waals surface area contributed by atoms with E-state index in [-0.39, 0.29) is 0 Å². The lowest BCUT2D eigenvalue weighted by atomic mass is 10.1. The number of nitrogens with zero attached hydrogens (tertiary/aromatic N) is 2. The van der Waals surface area contributed by atoms with Gasteiger partial charge in [-0.15, -0.1) is 0 Å². The van der Waals surface area contributed by atoms with Crippen molar-refractivity contribution in [2.75, 3.05) is 0 Å². The molecule has 0 bridgehead atoms. The van der Waals surface area contributed by atoms with E-state index in [2.05, 4.69) is 12.6 Å². The van der Waals surface area contributed by atoms with Gasteiger partial charge in [-0.1, -0.05) is 24.8 Å². The van der Waals surface area contributed by atoms with Crippen molar-refractivity contribution in [3.63, 3.8) is 0 Å². The lowest BCUT2D eigenvalue weighted by molar-refractivity contribution is 0.198. The molecule has 0 aliphatic carbocycles. The van der Waals surface area contributed by atoms with Crippen molar-refractivity contribution in [3.8, 4) is 6.07 Å². The van der Waals surface area contributed by atoms with Gasteiger partial charge in [-0.25, -0.2) is 0 Å². The van der Waals surface area contributed by atoms with Crippen LogP contribution in [0.5, 0.6) is 0 Å². The van der Waals surface area contributed by atoms with Crippen LogP contribution in [0, 0.1) is 11.3 Å². The molecule has 1 aromatic carbocycles. The molecule has 0 unspecified atom stereocenters. The summed E-state index contributed by atoms with van der Waals surface area (Å²) < 4.78 is 0.987. The first-order valence-electron chi connectivity index (χ1n) is 4.15. The molecule has 0 spiro atoms. The second-order valence-electron chi connectivity index (χ2n) is 2.91. The Balaban J connectivity index is 3.00. The molecule has 0 amide bonds. The summed E-state index contributed by atoms with van der Waals surface area (Å²) in [6, 6.07) is 9.25. The van der Waals surface area contributed by atoms with Gasteiger partial charge in [-0.05, 0) is 12.1 Å². The minimum Gasteiger partial charge on any atom is -0.428 e. The Morgan fingerprint density at radius 1 is 1.43 bits per heavy atom. The zero-order chi connectivity index (χ0) is 10.1.